The molecule has 0 aliphatic carbocycles. The zero-order chi connectivity index (χ0) is 21.5. The van der Waals surface area contributed by atoms with Crippen LogP contribution in [0.5, 0.6) is 0 Å². The number of nitrogens with one attached hydrogen (secondary N) is 1. The third-order valence-electron chi connectivity index (χ3n) is 5.46. The molecule has 0 spiro atoms. The molecule has 0 radical (unpaired) electrons. The summed E-state index contributed by atoms with van der Waals surface area (Å²) in [6.07, 6.45) is 3.63. The van der Waals surface area contributed by atoms with Crippen LogP contribution in [0.4, 0.5) is 0 Å². The van der Waals surface area contributed by atoms with Crippen LogP contribution in [0.3, 0.4) is 0 Å². The molecule has 0 bridgehead atoms. The summed E-state index contributed by atoms with van der Waals surface area (Å²) in [6.45, 7) is 0.649. The number of nitrogens with zero attached hydrogens (tertiary/aromatic N) is 1. The van der Waals surface area contributed by atoms with Crippen LogP contribution in [-0.4, -0.2) is 21.2 Å². The summed E-state index contributed by atoms with van der Waals surface area (Å²) in [7, 11) is 0. The zero-order valence-corrected chi connectivity index (χ0v) is 18.0. The molecule has 4 aromatic rings. The van der Waals surface area contributed by atoms with E-state index in [-0.39, 0.29) is 22.8 Å². The van der Waals surface area contributed by atoms with Crippen LogP contribution in [0.15, 0.2) is 72.4 Å². The highest BCUT2D eigenvalue weighted by Crippen LogP contribution is 2.29. The summed E-state index contributed by atoms with van der Waals surface area (Å²) >= 11 is 11.2. The Morgan fingerprint density at radius 2 is 1.84 bits per heavy atom. The fourth-order valence-electron chi connectivity index (χ4n) is 3.98. The Kier molecular flexibility index (Phi) is 4.93. The third kappa shape index (κ3) is 3.78. The van der Waals surface area contributed by atoms with E-state index in [4.69, 9.17) is 23.8 Å². The van der Waals surface area contributed by atoms with Crippen molar-refractivity contribution in [2.45, 2.75) is 13.0 Å². The normalized spacial score (nSPS) is 15.8. The second-order valence-corrected chi connectivity index (χ2v) is 8.52. The molecule has 1 N–H and O–H groups in total. The summed E-state index contributed by atoms with van der Waals surface area (Å²) < 4.78 is 2.11. The number of amides is 1. The van der Waals surface area contributed by atoms with Crippen molar-refractivity contribution in [3.63, 3.8) is 0 Å². The van der Waals surface area contributed by atoms with Gasteiger partial charge in [-0.3, -0.25) is 9.59 Å². The van der Waals surface area contributed by atoms with Gasteiger partial charge in [-0.2, -0.15) is 0 Å². The molecule has 6 heteroatoms. The van der Waals surface area contributed by atoms with Crippen molar-refractivity contribution in [3.8, 4) is 0 Å². The van der Waals surface area contributed by atoms with Crippen molar-refractivity contribution >= 4 is 68.2 Å². The average molecular weight is 445 g/mol. The molecule has 5 rings (SSSR count). The van der Waals surface area contributed by atoms with E-state index in [0.717, 1.165) is 22.0 Å². The van der Waals surface area contributed by atoms with E-state index in [1.165, 1.54) is 10.8 Å². The van der Waals surface area contributed by atoms with E-state index in [9.17, 15) is 9.59 Å². The van der Waals surface area contributed by atoms with Gasteiger partial charge in [0.05, 0.1) is 17.0 Å². The summed E-state index contributed by atoms with van der Waals surface area (Å²) in [4.78, 5) is 25.0. The fourth-order valence-corrected chi connectivity index (χ4v) is 4.38. The molecular formula is C25H17ClN2O2S. The molecule has 1 fully saturated rings. The number of hydrogen-bond acceptors (Lipinski definition) is 3. The number of aromatic nitrogens is 1. The third-order valence-corrected chi connectivity index (χ3v) is 5.94. The number of benzene rings is 3. The van der Waals surface area contributed by atoms with E-state index in [0.29, 0.717) is 11.6 Å². The van der Waals surface area contributed by atoms with Crippen LogP contribution in [0.25, 0.3) is 27.8 Å². The Balaban J connectivity index is 1.59. The van der Waals surface area contributed by atoms with Crippen molar-refractivity contribution in [3.05, 3.63) is 88.6 Å². The number of piperidine rings is 1. The van der Waals surface area contributed by atoms with Gasteiger partial charge in [0.15, 0.2) is 5.78 Å². The number of fused-ring (bicyclic) bond motifs is 2. The number of hydrogen-bond donors (Lipinski definition) is 1. The van der Waals surface area contributed by atoms with Gasteiger partial charge in [-0.1, -0.05) is 60.2 Å². The molecule has 0 atom stereocenters. The molecule has 1 aliphatic heterocycles. The SMILES string of the molecule is O=C1CC(=S)NC(=O)/C1=C\c1cn(Cc2ccc3ccccc3c2)c2ccc(Cl)cc12. The standard InChI is InChI=1S/C25H17ClN2O2S/c26-19-7-8-22-20(11-19)18(10-21-23(29)12-24(31)27-25(21)30)14-28(22)13-15-5-6-16-3-1-2-4-17(16)9-15/h1-11,14H,12-13H2,(H,27,30,31)/b21-10-. The average Bonchev–Trinajstić information content (AvgIpc) is 3.07. The van der Waals surface area contributed by atoms with Gasteiger partial charge < -0.3 is 9.88 Å². The summed E-state index contributed by atoms with van der Waals surface area (Å²) in [5, 5.41) is 6.43. The lowest BCUT2D eigenvalue weighted by atomic mass is 10.0. The Morgan fingerprint density at radius 1 is 1.03 bits per heavy atom. The first-order valence-corrected chi connectivity index (χ1v) is 10.6. The van der Waals surface area contributed by atoms with Crippen LogP contribution >= 0.6 is 23.8 Å². The fraction of sp³-hybridized carbons (Fsp3) is 0.0800. The van der Waals surface area contributed by atoms with Gasteiger partial charge in [0.1, 0.15) is 0 Å². The second-order valence-electron chi connectivity index (χ2n) is 7.59. The van der Waals surface area contributed by atoms with Gasteiger partial charge in [0, 0.05) is 34.2 Å². The van der Waals surface area contributed by atoms with Crippen molar-refractivity contribution in [2.24, 2.45) is 0 Å². The Morgan fingerprint density at radius 3 is 2.65 bits per heavy atom. The monoisotopic (exact) mass is 444 g/mol. The molecule has 4 nitrogen and oxygen atoms in total. The maximum Gasteiger partial charge on any atom is 0.259 e. The van der Waals surface area contributed by atoms with Crippen molar-refractivity contribution in [1.82, 2.24) is 9.88 Å². The minimum atomic E-state index is -0.460. The summed E-state index contributed by atoms with van der Waals surface area (Å²) in [5.74, 6) is -0.732. The van der Waals surface area contributed by atoms with Gasteiger partial charge in [0.25, 0.3) is 5.91 Å². The molecule has 2 heterocycles. The predicted molar refractivity (Wildman–Crippen MR) is 128 cm³/mol. The molecule has 1 amide bonds. The largest absolute Gasteiger partial charge is 0.342 e. The maximum absolute atomic E-state index is 12.4. The number of Topliss-reactive ketones (excluding diaryl/α,β-unsaturated/α-hetero) is 1. The van der Waals surface area contributed by atoms with E-state index >= 15 is 0 Å². The highest BCUT2D eigenvalue weighted by molar-refractivity contribution is 7.80. The molecule has 3 aromatic carbocycles. The molecule has 1 aliphatic rings. The topological polar surface area (TPSA) is 51.1 Å². The molecular weight excluding hydrogens is 428 g/mol. The lowest BCUT2D eigenvalue weighted by Crippen LogP contribution is -2.39. The molecule has 1 aromatic heterocycles. The Labute approximate surface area is 189 Å². The van der Waals surface area contributed by atoms with Crippen molar-refractivity contribution in [2.75, 3.05) is 0 Å². The summed E-state index contributed by atoms with van der Waals surface area (Å²) in [6, 6.07) is 20.3. The number of ketones is 1. The predicted octanol–water partition coefficient (Wildman–Crippen LogP) is 5.30. The van der Waals surface area contributed by atoms with Gasteiger partial charge in [-0.05, 0) is 46.7 Å². The lowest BCUT2D eigenvalue weighted by Gasteiger charge is -2.14. The first kappa shape index (κ1) is 19.7. The van der Waals surface area contributed by atoms with Crippen LogP contribution in [0.2, 0.25) is 5.02 Å². The maximum atomic E-state index is 12.4. The quantitative estimate of drug-likeness (QED) is 0.265. The first-order chi connectivity index (χ1) is 15.0. The van der Waals surface area contributed by atoms with Crippen molar-refractivity contribution in [1.29, 1.82) is 0 Å². The molecule has 152 valence electrons. The van der Waals surface area contributed by atoms with Crippen LogP contribution in [0.1, 0.15) is 17.5 Å². The number of halogens is 1. The number of rotatable bonds is 3. The highest BCUT2D eigenvalue weighted by atomic mass is 35.5. The minimum absolute atomic E-state index is 0.0450. The zero-order valence-electron chi connectivity index (χ0n) is 16.4. The molecule has 31 heavy (non-hydrogen) atoms. The van der Waals surface area contributed by atoms with Gasteiger partial charge in [-0.25, -0.2) is 0 Å². The lowest BCUT2D eigenvalue weighted by molar-refractivity contribution is -0.122. The number of carbonyl (C=O) groups excluding carboxylic acids is 2. The Hall–Kier alpha value is -3.28. The second kappa shape index (κ2) is 7.76. The van der Waals surface area contributed by atoms with Crippen LogP contribution in [-0.2, 0) is 16.1 Å². The molecule has 1 saturated heterocycles. The van der Waals surface area contributed by atoms with Crippen LogP contribution in [0, 0.1) is 0 Å². The smallest absolute Gasteiger partial charge is 0.259 e. The molecule has 0 saturated carbocycles. The van der Waals surface area contributed by atoms with Gasteiger partial charge in [-0.15, -0.1) is 0 Å². The highest BCUT2D eigenvalue weighted by Gasteiger charge is 2.26. The first-order valence-electron chi connectivity index (χ1n) is 9.83. The minimum Gasteiger partial charge on any atom is -0.342 e. The van der Waals surface area contributed by atoms with E-state index in [1.807, 2.05) is 36.5 Å². The molecule has 0 unspecified atom stereocenters. The van der Waals surface area contributed by atoms with E-state index < -0.39 is 5.91 Å². The van der Waals surface area contributed by atoms with E-state index in [1.54, 1.807) is 6.08 Å². The van der Waals surface area contributed by atoms with Gasteiger partial charge >= 0.3 is 0 Å². The summed E-state index contributed by atoms with van der Waals surface area (Å²) in [5.41, 5.74) is 3.01. The number of carbonyl (C=O) groups is 2. The van der Waals surface area contributed by atoms with Crippen molar-refractivity contribution < 1.29 is 9.59 Å². The Bertz CT molecular complexity index is 1410. The number of thiocarbonyl (C=S) groups is 1. The van der Waals surface area contributed by atoms with Crippen LogP contribution < -0.4 is 5.32 Å². The van der Waals surface area contributed by atoms with Gasteiger partial charge in [0.2, 0.25) is 0 Å². The van der Waals surface area contributed by atoms with E-state index in [2.05, 4.69) is 40.2 Å².